The maximum atomic E-state index is 5.94. The lowest BCUT2D eigenvalue weighted by atomic mass is 9.75. The van der Waals surface area contributed by atoms with Crippen molar-refractivity contribution in [1.29, 1.82) is 0 Å². The summed E-state index contributed by atoms with van der Waals surface area (Å²) in [6.45, 7) is 4.86. The zero-order valence-corrected chi connectivity index (χ0v) is 12.7. The van der Waals surface area contributed by atoms with Gasteiger partial charge in [0.1, 0.15) is 17.5 Å². The normalized spacial score (nSPS) is 17.4. The van der Waals surface area contributed by atoms with Gasteiger partial charge in [-0.15, -0.1) is 0 Å². The predicted molar refractivity (Wildman–Crippen MR) is 79.5 cm³/mol. The van der Waals surface area contributed by atoms with Crippen LogP contribution >= 0.6 is 0 Å². The molecule has 2 N–H and O–H groups in total. The summed E-state index contributed by atoms with van der Waals surface area (Å²) in [5.41, 5.74) is 7.20. The molecule has 2 rings (SSSR count). The zero-order chi connectivity index (χ0) is 14.2. The van der Waals surface area contributed by atoms with Crippen molar-refractivity contribution in [2.45, 2.75) is 38.6 Å². The summed E-state index contributed by atoms with van der Waals surface area (Å²) in [5, 5.41) is 0. The Balaban J connectivity index is 2.23. The molecule has 106 valence electrons. The van der Waals surface area contributed by atoms with Crippen molar-refractivity contribution in [3.63, 3.8) is 0 Å². The maximum absolute atomic E-state index is 5.94. The van der Waals surface area contributed by atoms with E-state index in [1.54, 1.807) is 0 Å². The molecule has 0 saturated heterocycles. The number of hydrogen-bond acceptors (Lipinski definition) is 5. The number of nitrogens with zero attached hydrogens (tertiary/aromatic N) is 4. The van der Waals surface area contributed by atoms with Crippen LogP contribution in [0.25, 0.3) is 0 Å². The van der Waals surface area contributed by atoms with Gasteiger partial charge >= 0.3 is 0 Å². The Hall–Kier alpha value is -1.36. The number of rotatable bonds is 4. The van der Waals surface area contributed by atoms with E-state index in [0.717, 1.165) is 23.8 Å². The van der Waals surface area contributed by atoms with Gasteiger partial charge in [0.15, 0.2) is 0 Å². The molecule has 1 aliphatic rings. The van der Waals surface area contributed by atoms with E-state index in [1.807, 2.05) is 13.8 Å². The highest BCUT2D eigenvalue weighted by Crippen LogP contribution is 2.37. The van der Waals surface area contributed by atoms with Crippen molar-refractivity contribution >= 4 is 11.6 Å². The van der Waals surface area contributed by atoms with Crippen LogP contribution in [-0.2, 0) is 0 Å². The fourth-order valence-corrected chi connectivity index (χ4v) is 2.85. The van der Waals surface area contributed by atoms with E-state index in [4.69, 9.17) is 5.73 Å². The molecule has 0 amide bonds. The molecule has 1 heterocycles. The van der Waals surface area contributed by atoms with Gasteiger partial charge in [0.05, 0.1) is 0 Å². The number of anilines is 2. The third-order valence-corrected chi connectivity index (χ3v) is 4.40. The largest absolute Gasteiger partial charge is 0.383 e. The lowest BCUT2D eigenvalue weighted by Gasteiger charge is -2.49. The fourth-order valence-electron chi connectivity index (χ4n) is 2.85. The van der Waals surface area contributed by atoms with E-state index in [1.165, 1.54) is 19.3 Å². The summed E-state index contributed by atoms with van der Waals surface area (Å²) < 4.78 is 0. The Morgan fingerprint density at radius 3 is 2.26 bits per heavy atom. The molecule has 1 aromatic rings. The van der Waals surface area contributed by atoms with Gasteiger partial charge in [0.25, 0.3) is 0 Å². The second-order valence-electron chi connectivity index (χ2n) is 5.93. The first-order valence-corrected chi connectivity index (χ1v) is 6.85. The van der Waals surface area contributed by atoms with Crippen LogP contribution in [0.1, 0.15) is 30.7 Å². The molecule has 1 aliphatic carbocycles. The molecule has 0 radical (unpaired) electrons. The average Bonchev–Trinajstić information content (AvgIpc) is 2.27. The molecule has 1 saturated carbocycles. The Labute approximate surface area is 115 Å². The van der Waals surface area contributed by atoms with Gasteiger partial charge in [-0.2, -0.15) is 0 Å². The smallest absolute Gasteiger partial charge is 0.137 e. The fraction of sp³-hybridized carbons (Fsp3) is 0.714. The van der Waals surface area contributed by atoms with Gasteiger partial charge in [-0.3, -0.25) is 0 Å². The molecule has 1 aromatic heterocycles. The van der Waals surface area contributed by atoms with Crippen LogP contribution in [0.4, 0.5) is 11.6 Å². The first kappa shape index (κ1) is 14.1. The molecular formula is C14H25N5. The van der Waals surface area contributed by atoms with Crippen LogP contribution in [0.2, 0.25) is 0 Å². The van der Waals surface area contributed by atoms with Crippen molar-refractivity contribution in [2.24, 2.45) is 0 Å². The van der Waals surface area contributed by atoms with Crippen molar-refractivity contribution < 1.29 is 0 Å². The summed E-state index contributed by atoms with van der Waals surface area (Å²) in [5.74, 6) is 2.28. The molecule has 0 atom stereocenters. The topological polar surface area (TPSA) is 58.3 Å². The van der Waals surface area contributed by atoms with Crippen molar-refractivity contribution in [3.8, 4) is 0 Å². The van der Waals surface area contributed by atoms with E-state index in [0.29, 0.717) is 5.82 Å². The van der Waals surface area contributed by atoms with Crippen molar-refractivity contribution in [1.82, 2.24) is 14.9 Å². The first-order chi connectivity index (χ1) is 8.85. The predicted octanol–water partition coefficient (Wildman–Crippen LogP) is 1.60. The number of nitrogen functional groups attached to an aromatic ring is 1. The van der Waals surface area contributed by atoms with Crippen LogP contribution in [-0.4, -0.2) is 48.1 Å². The Morgan fingerprint density at radius 1 is 1.16 bits per heavy atom. The van der Waals surface area contributed by atoms with E-state index < -0.39 is 0 Å². The minimum atomic E-state index is 0.287. The molecule has 0 bridgehead atoms. The highest BCUT2D eigenvalue weighted by atomic mass is 15.3. The SMILES string of the molecule is Cc1nc(N)c(C)c(N(C)CC2(N(C)C)CCC2)n1. The van der Waals surface area contributed by atoms with Crippen LogP contribution in [0, 0.1) is 13.8 Å². The zero-order valence-electron chi connectivity index (χ0n) is 12.7. The number of likely N-dealkylation sites (N-methyl/N-ethyl adjacent to an activating group) is 2. The van der Waals surface area contributed by atoms with Crippen LogP contribution in [0.15, 0.2) is 0 Å². The van der Waals surface area contributed by atoms with Gasteiger partial charge in [-0.25, -0.2) is 9.97 Å². The molecule has 19 heavy (non-hydrogen) atoms. The quantitative estimate of drug-likeness (QED) is 0.894. The summed E-state index contributed by atoms with van der Waals surface area (Å²) in [4.78, 5) is 13.3. The first-order valence-electron chi connectivity index (χ1n) is 6.85. The molecule has 0 spiro atoms. The lowest BCUT2D eigenvalue weighted by Crippen LogP contribution is -2.57. The summed E-state index contributed by atoms with van der Waals surface area (Å²) in [7, 11) is 6.43. The second-order valence-corrected chi connectivity index (χ2v) is 5.93. The third kappa shape index (κ3) is 2.52. The van der Waals surface area contributed by atoms with Crippen LogP contribution in [0.3, 0.4) is 0 Å². The second kappa shape index (κ2) is 4.96. The monoisotopic (exact) mass is 263 g/mol. The molecule has 5 nitrogen and oxygen atoms in total. The molecular weight excluding hydrogens is 238 g/mol. The van der Waals surface area contributed by atoms with Gasteiger partial charge in [0.2, 0.25) is 0 Å². The molecule has 0 aromatic carbocycles. The Kier molecular flexibility index (Phi) is 3.67. The molecule has 0 aliphatic heterocycles. The van der Waals surface area contributed by atoms with Crippen LogP contribution < -0.4 is 10.6 Å². The highest BCUT2D eigenvalue weighted by Gasteiger charge is 2.40. The summed E-state index contributed by atoms with van der Waals surface area (Å²) in [6, 6.07) is 0. The van der Waals surface area contributed by atoms with Crippen LogP contribution in [0.5, 0.6) is 0 Å². The Bertz CT molecular complexity index is 465. The van der Waals surface area contributed by atoms with Gasteiger partial charge in [0, 0.05) is 24.7 Å². The van der Waals surface area contributed by atoms with E-state index in [2.05, 4.69) is 40.9 Å². The molecule has 0 unspecified atom stereocenters. The number of aryl methyl sites for hydroxylation is 1. The average molecular weight is 263 g/mol. The summed E-state index contributed by atoms with van der Waals surface area (Å²) >= 11 is 0. The highest BCUT2D eigenvalue weighted by molar-refractivity contribution is 5.56. The number of aromatic nitrogens is 2. The minimum absolute atomic E-state index is 0.287. The number of hydrogen-bond donors (Lipinski definition) is 1. The molecule has 1 fully saturated rings. The molecule has 5 heteroatoms. The van der Waals surface area contributed by atoms with Crippen molar-refractivity contribution in [2.75, 3.05) is 38.3 Å². The maximum Gasteiger partial charge on any atom is 0.137 e. The van der Waals surface area contributed by atoms with E-state index >= 15 is 0 Å². The summed E-state index contributed by atoms with van der Waals surface area (Å²) in [6.07, 6.45) is 3.82. The van der Waals surface area contributed by atoms with E-state index in [9.17, 15) is 0 Å². The van der Waals surface area contributed by atoms with E-state index in [-0.39, 0.29) is 5.54 Å². The minimum Gasteiger partial charge on any atom is -0.383 e. The third-order valence-electron chi connectivity index (χ3n) is 4.40. The standard InChI is InChI=1S/C14H25N5/c1-10-12(15)16-11(2)17-13(10)19(5)9-14(18(3)4)7-6-8-14/h6-9H2,1-5H3,(H2,15,16,17). The van der Waals surface area contributed by atoms with Gasteiger partial charge in [-0.1, -0.05) is 0 Å². The lowest BCUT2D eigenvalue weighted by molar-refractivity contribution is 0.0681. The Morgan fingerprint density at radius 2 is 1.79 bits per heavy atom. The van der Waals surface area contributed by atoms with Gasteiger partial charge < -0.3 is 15.5 Å². The number of nitrogens with two attached hydrogens (primary N) is 1. The van der Waals surface area contributed by atoms with Crippen molar-refractivity contribution in [3.05, 3.63) is 11.4 Å². The van der Waals surface area contributed by atoms with Gasteiger partial charge in [-0.05, 0) is 47.2 Å².